The van der Waals surface area contributed by atoms with E-state index in [1.54, 1.807) is 0 Å². The van der Waals surface area contributed by atoms with Gasteiger partial charge in [-0.1, -0.05) is 19.8 Å². The molecule has 0 aromatic heterocycles. The Morgan fingerprint density at radius 2 is 1.85 bits per heavy atom. The molecule has 1 aliphatic rings. The Morgan fingerprint density at radius 1 is 1.15 bits per heavy atom. The molecule has 1 saturated carbocycles. The van der Waals surface area contributed by atoms with Crippen LogP contribution < -0.4 is 10.1 Å². The smallest absolute Gasteiger partial charge is 0.119 e. The summed E-state index contributed by atoms with van der Waals surface area (Å²) in [7, 11) is 4.11. The van der Waals surface area contributed by atoms with Gasteiger partial charge < -0.3 is 15.0 Å². The largest absolute Gasteiger partial charge is 0.492 e. The highest BCUT2D eigenvalue weighted by Gasteiger charge is 2.20. The molecule has 1 N–H and O–H groups in total. The van der Waals surface area contributed by atoms with E-state index < -0.39 is 0 Å². The Bertz CT molecular complexity index is 388. The second-order valence-corrected chi connectivity index (χ2v) is 6.19. The maximum atomic E-state index is 5.71. The molecule has 1 fully saturated rings. The van der Waals surface area contributed by atoms with Crippen molar-refractivity contribution in [2.45, 2.75) is 38.6 Å². The van der Waals surface area contributed by atoms with E-state index in [1.807, 2.05) is 0 Å². The summed E-state index contributed by atoms with van der Waals surface area (Å²) in [4.78, 5) is 2.13. The number of hydrogen-bond donors (Lipinski definition) is 1. The van der Waals surface area contributed by atoms with Gasteiger partial charge in [-0.15, -0.1) is 0 Å². The third kappa shape index (κ3) is 4.71. The molecule has 0 bridgehead atoms. The van der Waals surface area contributed by atoms with Crippen molar-refractivity contribution in [3.05, 3.63) is 24.3 Å². The fraction of sp³-hybridized carbons (Fsp3) is 0.647. The van der Waals surface area contributed by atoms with E-state index in [1.165, 1.54) is 31.4 Å². The fourth-order valence-electron chi connectivity index (χ4n) is 2.74. The van der Waals surface area contributed by atoms with Crippen LogP contribution in [0.15, 0.2) is 24.3 Å². The lowest BCUT2D eigenvalue weighted by molar-refractivity contribution is 0.261. The standard InChI is InChI=1S/C17H28N2O/c1-14-6-4-5-7-17(14)18-15-8-10-16(11-9-15)20-13-12-19(2)3/h8-11,14,17-18H,4-7,12-13H2,1-3H3. The normalized spacial score (nSPS) is 22.8. The van der Waals surface area contributed by atoms with Gasteiger partial charge in [0.2, 0.25) is 0 Å². The van der Waals surface area contributed by atoms with E-state index in [0.29, 0.717) is 6.04 Å². The first kappa shape index (κ1) is 15.2. The monoisotopic (exact) mass is 276 g/mol. The quantitative estimate of drug-likeness (QED) is 0.859. The topological polar surface area (TPSA) is 24.5 Å². The van der Waals surface area contributed by atoms with E-state index >= 15 is 0 Å². The van der Waals surface area contributed by atoms with Crippen molar-refractivity contribution in [3.8, 4) is 5.75 Å². The van der Waals surface area contributed by atoms with E-state index in [-0.39, 0.29) is 0 Å². The molecule has 1 aliphatic carbocycles. The Hall–Kier alpha value is -1.22. The molecule has 3 heteroatoms. The van der Waals surface area contributed by atoms with Crippen molar-refractivity contribution in [1.82, 2.24) is 4.90 Å². The van der Waals surface area contributed by atoms with Crippen LogP contribution in [0.25, 0.3) is 0 Å². The highest BCUT2D eigenvalue weighted by molar-refractivity contribution is 5.47. The second-order valence-electron chi connectivity index (χ2n) is 6.19. The number of ether oxygens (including phenoxy) is 1. The Labute approximate surface area is 123 Å². The predicted molar refractivity (Wildman–Crippen MR) is 85.5 cm³/mol. The van der Waals surface area contributed by atoms with Gasteiger partial charge in [0, 0.05) is 18.3 Å². The molecule has 0 saturated heterocycles. The first-order chi connectivity index (χ1) is 9.65. The van der Waals surface area contributed by atoms with Crippen molar-refractivity contribution in [2.24, 2.45) is 5.92 Å². The summed E-state index contributed by atoms with van der Waals surface area (Å²) >= 11 is 0. The first-order valence-electron chi connectivity index (χ1n) is 7.79. The van der Waals surface area contributed by atoms with Crippen LogP contribution in [-0.4, -0.2) is 38.2 Å². The number of likely N-dealkylation sites (N-methyl/N-ethyl adjacent to an activating group) is 1. The molecular formula is C17H28N2O. The summed E-state index contributed by atoms with van der Waals surface area (Å²) in [5, 5.41) is 3.67. The van der Waals surface area contributed by atoms with Crippen molar-refractivity contribution >= 4 is 5.69 Å². The molecule has 0 amide bonds. The molecule has 0 spiro atoms. The molecule has 1 aromatic carbocycles. The van der Waals surface area contributed by atoms with E-state index in [2.05, 4.69) is 55.5 Å². The van der Waals surface area contributed by atoms with Crippen LogP contribution in [-0.2, 0) is 0 Å². The molecule has 20 heavy (non-hydrogen) atoms. The van der Waals surface area contributed by atoms with E-state index in [0.717, 1.165) is 24.8 Å². The van der Waals surface area contributed by atoms with Crippen molar-refractivity contribution in [2.75, 3.05) is 32.6 Å². The molecule has 112 valence electrons. The molecule has 1 aromatic rings. The fourth-order valence-corrected chi connectivity index (χ4v) is 2.74. The van der Waals surface area contributed by atoms with Crippen LogP contribution in [0.2, 0.25) is 0 Å². The Morgan fingerprint density at radius 3 is 2.50 bits per heavy atom. The zero-order valence-corrected chi connectivity index (χ0v) is 13.1. The molecule has 2 rings (SSSR count). The average molecular weight is 276 g/mol. The van der Waals surface area contributed by atoms with Gasteiger partial charge in [-0.05, 0) is 57.1 Å². The molecular weight excluding hydrogens is 248 g/mol. The van der Waals surface area contributed by atoms with Gasteiger partial charge in [0.15, 0.2) is 0 Å². The molecule has 2 atom stereocenters. The van der Waals surface area contributed by atoms with Gasteiger partial charge in [0.1, 0.15) is 12.4 Å². The summed E-state index contributed by atoms with van der Waals surface area (Å²) in [6.45, 7) is 4.04. The minimum absolute atomic E-state index is 0.629. The zero-order chi connectivity index (χ0) is 14.4. The Kier molecular flexibility index (Phi) is 5.72. The zero-order valence-electron chi connectivity index (χ0n) is 13.1. The lowest BCUT2D eigenvalue weighted by atomic mass is 9.86. The van der Waals surface area contributed by atoms with Gasteiger partial charge >= 0.3 is 0 Å². The number of hydrogen-bond acceptors (Lipinski definition) is 3. The van der Waals surface area contributed by atoms with E-state index in [4.69, 9.17) is 4.74 Å². The Balaban J connectivity index is 1.81. The number of nitrogens with one attached hydrogen (secondary N) is 1. The van der Waals surface area contributed by atoms with Gasteiger partial charge in [0.05, 0.1) is 0 Å². The number of nitrogens with zero attached hydrogens (tertiary/aromatic N) is 1. The third-order valence-corrected chi connectivity index (χ3v) is 4.13. The number of anilines is 1. The second kappa shape index (κ2) is 7.53. The van der Waals surface area contributed by atoms with Gasteiger partial charge in [-0.3, -0.25) is 0 Å². The molecule has 2 unspecified atom stereocenters. The predicted octanol–water partition coefficient (Wildman–Crippen LogP) is 3.62. The van der Waals surface area contributed by atoms with Crippen LogP contribution in [0.3, 0.4) is 0 Å². The third-order valence-electron chi connectivity index (χ3n) is 4.13. The van der Waals surface area contributed by atoms with Gasteiger partial charge in [-0.2, -0.15) is 0 Å². The number of rotatable bonds is 6. The lowest BCUT2D eigenvalue weighted by Gasteiger charge is -2.30. The summed E-state index contributed by atoms with van der Waals surface area (Å²) in [6.07, 6.45) is 5.39. The van der Waals surface area contributed by atoms with Crippen molar-refractivity contribution in [3.63, 3.8) is 0 Å². The molecule has 0 aliphatic heterocycles. The van der Waals surface area contributed by atoms with Gasteiger partial charge in [-0.25, -0.2) is 0 Å². The van der Waals surface area contributed by atoms with Crippen LogP contribution in [0.4, 0.5) is 5.69 Å². The van der Waals surface area contributed by atoms with Gasteiger partial charge in [0.25, 0.3) is 0 Å². The van der Waals surface area contributed by atoms with Crippen LogP contribution in [0.1, 0.15) is 32.6 Å². The van der Waals surface area contributed by atoms with Crippen LogP contribution in [0.5, 0.6) is 5.75 Å². The SMILES string of the molecule is CC1CCCCC1Nc1ccc(OCCN(C)C)cc1. The molecule has 0 heterocycles. The van der Waals surface area contributed by atoms with Crippen LogP contribution in [0, 0.1) is 5.92 Å². The summed E-state index contributed by atoms with van der Waals surface area (Å²) < 4.78 is 5.71. The summed E-state index contributed by atoms with van der Waals surface area (Å²) in [6, 6.07) is 9.01. The van der Waals surface area contributed by atoms with E-state index in [9.17, 15) is 0 Å². The maximum Gasteiger partial charge on any atom is 0.119 e. The maximum absolute atomic E-state index is 5.71. The minimum atomic E-state index is 0.629. The van der Waals surface area contributed by atoms with Crippen molar-refractivity contribution in [1.29, 1.82) is 0 Å². The lowest BCUT2D eigenvalue weighted by Crippen LogP contribution is -2.30. The highest BCUT2D eigenvalue weighted by Crippen LogP contribution is 2.27. The summed E-state index contributed by atoms with van der Waals surface area (Å²) in [5.41, 5.74) is 1.21. The van der Waals surface area contributed by atoms with Crippen molar-refractivity contribution < 1.29 is 4.74 Å². The average Bonchev–Trinajstić information content (AvgIpc) is 2.43. The summed E-state index contributed by atoms with van der Waals surface area (Å²) in [5.74, 6) is 1.73. The highest BCUT2D eigenvalue weighted by atomic mass is 16.5. The first-order valence-corrected chi connectivity index (χ1v) is 7.79. The minimum Gasteiger partial charge on any atom is -0.492 e. The van der Waals surface area contributed by atoms with Crippen LogP contribution >= 0.6 is 0 Å². The number of benzene rings is 1. The molecule has 3 nitrogen and oxygen atoms in total. The molecule has 0 radical (unpaired) electrons.